The fourth-order valence-electron chi connectivity index (χ4n) is 1.21. The fourth-order valence-corrected chi connectivity index (χ4v) is 1.38. The molecule has 98 valence electrons. The first-order valence-electron chi connectivity index (χ1n) is 5.45. The largest absolute Gasteiger partial charge is 0.391 e. The molecular formula is C12H16ClN3O2. The summed E-state index contributed by atoms with van der Waals surface area (Å²) in [7, 11) is 0. The van der Waals surface area contributed by atoms with Crippen molar-refractivity contribution in [3.63, 3.8) is 0 Å². The summed E-state index contributed by atoms with van der Waals surface area (Å²) in [6.07, 6.45) is 5.83. The predicted molar refractivity (Wildman–Crippen MR) is 71.7 cm³/mol. The fraction of sp³-hybridized carbons (Fsp3) is 0.500. The molecule has 0 spiro atoms. The van der Waals surface area contributed by atoms with E-state index in [1.54, 1.807) is 20.8 Å². The van der Waals surface area contributed by atoms with E-state index < -0.39 is 17.2 Å². The van der Waals surface area contributed by atoms with E-state index in [4.69, 9.17) is 18.0 Å². The maximum atomic E-state index is 12.1. The summed E-state index contributed by atoms with van der Waals surface area (Å²) in [5.74, 6) is 2.34. The lowest BCUT2D eigenvalue weighted by molar-refractivity contribution is 0.133. The number of aliphatic hydroxyl groups is 1. The van der Waals surface area contributed by atoms with Gasteiger partial charge in [-0.3, -0.25) is 4.79 Å². The van der Waals surface area contributed by atoms with Crippen molar-refractivity contribution >= 4 is 17.3 Å². The Balaban J connectivity index is 3.21. The molecular weight excluding hydrogens is 254 g/mol. The number of hydrogen-bond donors (Lipinski definition) is 2. The summed E-state index contributed by atoms with van der Waals surface area (Å²) in [6.45, 7) is 5.22. The molecule has 2 N–H and O–H groups in total. The molecule has 1 rings (SSSR count). The van der Waals surface area contributed by atoms with Gasteiger partial charge < -0.3 is 10.4 Å². The van der Waals surface area contributed by atoms with Crippen molar-refractivity contribution in [3.8, 4) is 12.3 Å². The molecule has 0 saturated heterocycles. The zero-order chi connectivity index (χ0) is 13.9. The minimum Gasteiger partial charge on any atom is -0.391 e. The van der Waals surface area contributed by atoms with Crippen molar-refractivity contribution in [1.29, 1.82) is 0 Å². The van der Waals surface area contributed by atoms with Crippen LogP contribution in [-0.2, 0) is 6.54 Å². The summed E-state index contributed by atoms with van der Waals surface area (Å²) in [4.78, 5) is 12.1. The quantitative estimate of drug-likeness (QED) is 0.804. The molecule has 6 heteroatoms. The highest BCUT2D eigenvalue weighted by Gasteiger charge is 2.26. The van der Waals surface area contributed by atoms with E-state index in [0.717, 1.165) is 4.68 Å². The number of rotatable bonds is 4. The predicted octanol–water partition coefficient (Wildman–Crippen LogP) is 1.10. The van der Waals surface area contributed by atoms with Crippen LogP contribution in [0.15, 0.2) is 11.0 Å². The average Bonchev–Trinajstić information content (AvgIpc) is 2.28. The van der Waals surface area contributed by atoms with E-state index >= 15 is 0 Å². The highest BCUT2D eigenvalue weighted by Crippen LogP contribution is 2.21. The van der Waals surface area contributed by atoms with E-state index in [9.17, 15) is 9.90 Å². The van der Waals surface area contributed by atoms with Crippen LogP contribution in [0.4, 0.5) is 5.69 Å². The number of anilines is 1. The lowest BCUT2D eigenvalue weighted by atomic mass is 9.98. The van der Waals surface area contributed by atoms with Crippen LogP contribution in [0.1, 0.15) is 20.8 Å². The third-order valence-corrected chi connectivity index (χ3v) is 3.02. The van der Waals surface area contributed by atoms with Gasteiger partial charge in [-0.1, -0.05) is 17.5 Å². The summed E-state index contributed by atoms with van der Waals surface area (Å²) >= 11 is 5.94. The number of terminal acetylenes is 1. The first kappa shape index (κ1) is 14.6. The second kappa shape index (κ2) is 5.42. The lowest BCUT2D eigenvalue weighted by Gasteiger charge is -2.30. The van der Waals surface area contributed by atoms with Crippen LogP contribution in [0, 0.1) is 12.3 Å². The Bertz CT molecular complexity index is 529. The molecule has 0 radical (unpaired) electrons. The van der Waals surface area contributed by atoms with Crippen molar-refractivity contribution in [2.75, 3.05) is 5.32 Å². The Morgan fingerprint density at radius 1 is 1.72 bits per heavy atom. The highest BCUT2D eigenvalue weighted by atomic mass is 35.5. The van der Waals surface area contributed by atoms with Crippen molar-refractivity contribution < 1.29 is 5.11 Å². The smallest absolute Gasteiger partial charge is 0.292 e. The Morgan fingerprint density at radius 3 is 2.83 bits per heavy atom. The van der Waals surface area contributed by atoms with E-state index in [0.29, 0.717) is 0 Å². The van der Waals surface area contributed by atoms with Crippen LogP contribution in [0.25, 0.3) is 0 Å². The van der Waals surface area contributed by atoms with Gasteiger partial charge in [0.15, 0.2) is 0 Å². The SMILES string of the molecule is C#CCn1ncc(Cl)c(NC(C)(C)C(C)O)c1=O. The molecule has 0 aliphatic heterocycles. The molecule has 0 aromatic carbocycles. The van der Waals surface area contributed by atoms with Crippen LogP contribution in [-0.4, -0.2) is 26.5 Å². The Labute approximate surface area is 111 Å². The van der Waals surface area contributed by atoms with E-state index in [2.05, 4.69) is 16.3 Å². The van der Waals surface area contributed by atoms with Gasteiger partial charge in [0.2, 0.25) is 0 Å². The van der Waals surface area contributed by atoms with Gasteiger partial charge in [-0.05, 0) is 20.8 Å². The van der Waals surface area contributed by atoms with E-state index in [1.807, 2.05) is 0 Å². The molecule has 0 aliphatic carbocycles. The highest BCUT2D eigenvalue weighted by molar-refractivity contribution is 6.33. The molecule has 5 nitrogen and oxygen atoms in total. The van der Waals surface area contributed by atoms with Gasteiger partial charge in [0.05, 0.1) is 22.9 Å². The summed E-state index contributed by atoms with van der Waals surface area (Å²) in [5.41, 5.74) is -0.917. The number of hydrogen-bond acceptors (Lipinski definition) is 4. The van der Waals surface area contributed by atoms with Gasteiger partial charge in [-0.15, -0.1) is 6.42 Å². The summed E-state index contributed by atoms with van der Waals surface area (Å²) in [5, 5.41) is 16.6. The number of aliphatic hydroxyl groups excluding tert-OH is 1. The molecule has 0 saturated carbocycles. The molecule has 0 amide bonds. The molecule has 18 heavy (non-hydrogen) atoms. The lowest BCUT2D eigenvalue weighted by Crippen LogP contribution is -2.44. The zero-order valence-corrected chi connectivity index (χ0v) is 11.3. The number of aromatic nitrogens is 2. The molecule has 1 heterocycles. The van der Waals surface area contributed by atoms with Crippen molar-refractivity contribution in [3.05, 3.63) is 21.6 Å². The monoisotopic (exact) mass is 269 g/mol. The molecule has 0 fully saturated rings. The molecule has 1 unspecified atom stereocenters. The second-order valence-electron chi connectivity index (χ2n) is 4.56. The van der Waals surface area contributed by atoms with Gasteiger partial charge in [-0.25, -0.2) is 4.68 Å². The van der Waals surface area contributed by atoms with Gasteiger partial charge in [0.25, 0.3) is 5.56 Å². The zero-order valence-electron chi connectivity index (χ0n) is 10.6. The number of nitrogens with one attached hydrogen (secondary N) is 1. The normalized spacial score (nSPS) is 12.9. The average molecular weight is 270 g/mol. The maximum Gasteiger partial charge on any atom is 0.292 e. The first-order valence-corrected chi connectivity index (χ1v) is 5.82. The van der Waals surface area contributed by atoms with Gasteiger partial charge in [0, 0.05) is 0 Å². The topological polar surface area (TPSA) is 67.2 Å². The number of nitrogens with zero attached hydrogens (tertiary/aromatic N) is 2. The van der Waals surface area contributed by atoms with Crippen LogP contribution >= 0.6 is 11.6 Å². The first-order chi connectivity index (χ1) is 8.29. The Morgan fingerprint density at radius 2 is 2.33 bits per heavy atom. The van der Waals surface area contributed by atoms with E-state index in [1.165, 1.54) is 6.20 Å². The Kier molecular flexibility index (Phi) is 4.38. The molecule has 1 aromatic heterocycles. The molecule has 1 aromatic rings. The standard InChI is InChI=1S/C12H16ClN3O2/c1-5-6-16-11(18)10(9(13)7-14-16)15-12(3,4)8(2)17/h1,7-8,15,17H,6H2,2-4H3. The summed E-state index contributed by atoms with van der Waals surface area (Å²) < 4.78 is 1.13. The van der Waals surface area contributed by atoms with E-state index in [-0.39, 0.29) is 17.3 Å². The van der Waals surface area contributed by atoms with Crippen LogP contribution < -0.4 is 10.9 Å². The molecule has 0 bridgehead atoms. The summed E-state index contributed by atoms with van der Waals surface area (Å²) in [6, 6.07) is 0. The van der Waals surface area contributed by atoms with Crippen molar-refractivity contribution in [2.45, 2.75) is 39.0 Å². The molecule has 1 atom stereocenters. The maximum absolute atomic E-state index is 12.1. The van der Waals surface area contributed by atoms with Crippen LogP contribution in [0.3, 0.4) is 0 Å². The van der Waals surface area contributed by atoms with Gasteiger partial charge >= 0.3 is 0 Å². The number of halogens is 1. The minimum atomic E-state index is -0.696. The Hall–Kier alpha value is -1.51. The van der Waals surface area contributed by atoms with Gasteiger partial charge in [0.1, 0.15) is 12.2 Å². The second-order valence-corrected chi connectivity index (χ2v) is 4.96. The minimum absolute atomic E-state index is 0.0692. The van der Waals surface area contributed by atoms with Crippen molar-refractivity contribution in [1.82, 2.24) is 9.78 Å². The van der Waals surface area contributed by atoms with Gasteiger partial charge in [-0.2, -0.15) is 5.10 Å². The van der Waals surface area contributed by atoms with Crippen LogP contribution in [0.2, 0.25) is 5.02 Å². The third kappa shape index (κ3) is 3.03. The van der Waals surface area contributed by atoms with Crippen molar-refractivity contribution in [2.24, 2.45) is 0 Å². The van der Waals surface area contributed by atoms with Crippen LogP contribution in [0.5, 0.6) is 0 Å². The third-order valence-electron chi connectivity index (χ3n) is 2.73. The molecule has 0 aliphatic rings.